The Morgan fingerprint density at radius 2 is 2.08 bits per heavy atom. The SMILES string of the molecule is C[C@@H](CN1C(=O)CC[C@H]1CCNCc1cccnc1)c1ccccc1. The standard InChI is InChI=1S/C21H27N3O/c1-17(19-7-3-2-4-8-19)16-24-20(9-10-21(24)25)11-13-23-15-18-6-5-12-22-14-18/h2-8,12,14,17,20,23H,9-11,13,15-16H2,1H3/t17-,20-/m0/s1. The van der Waals surface area contributed by atoms with E-state index in [-0.39, 0.29) is 0 Å². The predicted octanol–water partition coefficient (Wildman–Crippen LogP) is 3.36. The number of hydrogen-bond acceptors (Lipinski definition) is 3. The molecule has 0 radical (unpaired) electrons. The van der Waals surface area contributed by atoms with Gasteiger partial charge in [-0.1, -0.05) is 43.3 Å². The monoisotopic (exact) mass is 337 g/mol. The number of carbonyl (C=O) groups is 1. The molecule has 4 heteroatoms. The van der Waals surface area contributed by atoms with E-state index in [9.17, 15) is 4.79 Å². The van der Waals surface area contributed by atoms with Crippen molar-refractivity contribution in [3.8, 4) is 0 Å². The molecule has 1 aromatic heterocycles. The van der Waals surface area contributed by atoms with E-state index < -0.39 is 0 Å². The molecule has 0 aliphatic carbocycles. The van der Waals surface area contributed by atoms with Crippen LogP contribution in [0.1, 0.15) is 43.2 Å². The smallest absolute Gasteiger partial charge is 0.222 e. The number of nitrogens with zero attached hydrogens (tertiary/aromatic N) is 2. The zero-order valence-electron chi connectivity index (χ0n) is 14.9. The van der Waals surface area contributed by atoms with Crippen LogP contribution in [0.15, 0.2) is 54.9 Å². The molecule has 2 aromatic rings. The summed E-state index contributed by atoms with van der Waals surface area (Å²) in [6, 6.07) is 14.9. The van der Waals surface area contributed by atoms with Gasteiger partial charge in [-0.25, -0.2) is 0 Å². The molecule has 1 saturated heterocycles. The van der Waals surface area contributed by atoms with E-state index in [2.05, 4.69) is 52.5 Å². The van der Waals surface area contributed by atoms with Crippen LogP contribution >= 0.6 is 0 Å². The minimum absolute atomic E-state index is 0.306. The topological polar surface area (TPSA) is 45.2 Å². The Hall–Kier alpha value is -2.20. The summed E-state index contributed by atoms with van der Waals surface area (Å²) in [6.45, 7) is 4.77. The van der Waals surface area contributed by atoms with Crippen LogP contribution in [0.2, 0.25) is 0 Å². The Morgan fingerprint density at radius 1 is 1.24 bits per heavy atom. The van der Waals surface area contributed by atoms with E-state index in [0.29, 0.717) is 24.3 Å². The van der Waals surface area contributed by atoms with Gasteiger partial charge in [0.2, 0.25) is 5.91 Å². The van der Waals surface area contributed by atoms with Gasteiger partial charge in [-0.15, -0.1) is 0 Å². The number of hydrogen-bond donors (Lipinski definition) is 1. The van der Waals surface area contributed by atoms with E-state index in [0.717, 1.165) is 32.5 Å². The first kappa shape index (κ1) is 17.6. The van der Waals surface area contributed by atoms with Gasteiger partial charge in [0.05, 0.1) is 0 Å². The number of likely N-dealkylation sites (tertiary alicyclic amines) is 1. The van der Waals surface area contributed by atoms with Crippen molar-refractivity contribution in [3.05, 3.63) is 66.0 Å². The molecule has 1 aliphatic rings. The third-order valence-electron chi connectivity index (χ3n) is 5.00. The number of aromatic nitrogens is 1. The van der Waals surface area contributed by atoms with Gasteiger partial charge in [-0.2, -0.15) is 0 Å². The molecule has 1 N–H and O–H groups in total. The van der Waals surface area contributed by atoms with Crippen LogP contribution in [0.25, 0.3) is 0 Å². The van der Waals surface area contributed by atoms with Crippen LogP contribution in [0, 0.1) is 0 Å². The summed E-state index contributed by atoms with van der Waals surface area (Å²) in [4.78, 5) is 18.5. The van der Waals surface area contributed by atoms with Crippen molar-refractivity contribution in [2.24, 2.45) is 0 Å². The van der Waals surface area contributed by atoms with Crippen molar-refractivity contribution in [2.75, 3.05) is 13.1 Å². The molecule has 2 heterocycles. The lowest BCUT2D eigenvalue weighted by Gasteiger charge is -2.28. The normalized spacial score (nSPS) is 18.5. The summed E-state index contributed by atoms with van der Waals surface area (Å²) < 4.78 is 0. The van der Waals surface area contributed by atoms with E-state index in [1.165, 1.54) is 11.1 Å². The zero-order valence-corrected chi connectivity index (χ0v) is 14.9. The molecule has 3 rings (SSSR count). The number of amides is 1. The fourth-order valence-electron chi connectivity index (χ4n) is 3.53. The van der Waals surface area contributed by atoms with Crippen molar-refractivity contribution < 1.29 is 4.79 Å². The molecule has 132 valence electrons. The Kier molecular flexibility index (Phi) is 6.18. The zero-order chi connectivity index (χ0) is 17.5. The highest BCUT2D eigenvalue weighted by molar-refractivity contribution is 5.78. The first-order valence-electron chi connectivity index (χ1n) is 9.18. The van der Waals surface area contributed by atoms with Gasteiger partial charge < -0.3 is 10.2 Å². The molecular weight excluding hydrogens is 310 g/mol. The minimum atomic E-state index is 0.306. The second-order valence-electron chi connectivity index (χ2n) is 6.88. The maximum atomic E-state index is 12.3. The van der Waals surface area contributed by atoms with E-state index in [1.54, 1.807) is 6.20 Å². The quantitative estimate of drug-likeness (QED) is 0.751. The summed E-state index contributed by atoms with van der Waals surface area (Å²) in [5, 5.41) is 3.47. The molecule has 25 heavy (non-hydrogen) atoms. The number of benzene rings is 1. The molecule has 0 saturated carbocycles. The Labute approximate surface area is 150 Å². The summed E-state index contributed by atoms with van der Waals surface area (Å²) in [5.74, 6) is 0.675. The van der Waals surface area contributed by atoms with Crippen molar-refractivity contribution >= 4 is 5.91 Å². The lowest BCUT2D eigenvalue weighted by Crippen LogP contribution is -2.37. The average molecular weight is 337 g/mol. The molecule has 0 unspecified atom stereocenters. The van der Waals surface area contributed by atoms with Crippen LogP contribution in [0.4, 0.5) is 0 Å². The molecule has 1 amide bonds. The predicted molar refractivity (Wildman–Crippen MR) is 100 cm³/mol. The number of rotatable bonds is 8. The molecule has 4 nitrogen and oxygen atoms in total. The number of nitrogens with one attached hydrogen (secondary N) is 1. The van der Waals surface area contributed by atoms with E-state index >= 15 is 0 Å². The largest absolute Gasteiger partial charge is 0.339 e. The Balaban J connectivity index is 1.48. The summed E-state index contributed by atoms with van der Waals surface area (Å²) >= 11 is 0. The van der Waals surface area contributed by atoms with Gasteiger partial charge >= 0.3 is 0 Å². The molecular formula is C21H27N3O. The van der Waals surface area contributed by atoms with Crippen LogP contribution in [-0.2, 0) is 11.3 Å². The summed E-state index contributed by atoms with van der Waals surface area (Å²) in [6.07, 6.45) is 6.36. The lowest BCUT2D eigenvalue weighted by molar-refractivity contribution is -0.129. The molecule has 1 fully saturated rings. The molecule has 0 bridgehead atoms. The second-order valence-corrected chi connectivity index (χ2v) is 6.88. The third kappa shape index (κ3) is 4.89. The van der Waals surface area contributed by atoms with Gasteiger partial charge in [0.15, 0.2) is 0 Å². The van der Waals surface area contributed by atoms with E-state index in [4.69, 9.17) is 0 Å². The van der Waals surface area contributed by atoms with Crippen LogP contribution in [0.5, 0.6) is 0 Å². The molecule has 1 aromatic carbocycles. The van der Waals surface area contributed by atoms with Gasteiger partial charge in [0.25, 0.3) is 0 Å². The van der Waals surface area contributed by atoms with Gasteiger partial charge in [0.1, 0.15) is 0 Å². The highest BCUT2D eigenvalue weighted by Gasteiger charge is 2.31. The maximum Gasteiger partial charge on any atom is 0.222 e. The van der Waals surface area contributed by atoms with Crippen LogP contribution < -0.4 is 5.32 Å². The average Bonchev–Trinajstić information content (AvgIpc) is 3.00. The second kappa shape index (κ2) is 8.77. The van der Waals surface area contributed by atoms with Crippen molar-refractivity contribution in [3.63, 3.8) is 0 Å². The minimum Gasteiger partial charge on any atom is -0.339 e. The third-order valence-corrected chi connectivity index (χ3v) is 5.00. The Bertz CT molecular complexity index is 659. The maximum absolute atomic E-state index is 12.3. The van der Waals surface area contributed by atoms with Crippen LogP contribution in [0.3, 0.4) is 0 Å². The number of carbonyl (C=O) groups excluding carboxylic acids is 1. The first-order valence-corrected chi connectivity index (χ1v) is 9.18. The lowest BCUT2D eigenvalue weighted by atomic mass is 10.00. The fourth-order valence-corrected chi connectivity index (χ4v) is 3.53. The van der Waals surface area contributed by atoms with Crippen molar-refractivity contribution in [1.29, 1.82) is 0 Å². The van der Waals surface area contributed by atoms with Gasteiger partial charge in [-0.05, 0) is 42.5 Å². The van der Waals surface area contributed by atoms with Gasteiger partial charge in [0, 0.05) is 37.9 Å². The van der Waals surface area contributed by atoms with Crippen molar-refractivity contribution in [2.45, 2.75) is 44.7 Å². The molecule has 2 atom stereocenters. The van der Waals surface area contributed by atoms with E-state index in [1.807, 2.05) is 18.3 Å². The molecule has 1 aliphatic heterocycles. The highest BCUT2D eigenvalue weighted by Crippen LogP contribution is 2.25. The highest BCUT2D eigenvalue weighted by atomic mass is 16.2. The van der Waals surface area contributed by atoms with Crippen molar-refractivity contribution in [1.82, 2.24) is 15.2 Å². The van der Waals surface area contributed by atoms with Gasteiger partial charge in [-0.3, -0.25) is 9.78 Å². The summed E-state index contributed by atoms with van der Waals surface area (Å²) in [5.41, 5.74) is 2.50. The first-order chi connectivity index (χ1) is 12.2. The van der Waals surface area contributed by atoms with Crippen LogP contribution in [-0.4, -0.2) is 34.9 Å². The summed E-state index contributed by atoms with van der Waals surface area (Å²) in [7, 11) is 0. The Morgan fingerprint density at radius 3 is 2.84 bits per heavy atom. The number of pyridine rings is 1. The fraction of sp³-hybridized carbons (Fsp3) is 0.429. The molecule has 0 spiro atoms.